The lowest BCUT2D eigenvalue weighted by atomic mass is 9.99. The summed E-state index contributed by atoms with van der Waals surface area (Å²) in [5.41, 5.74) is -0.439. The zero-order valence-corrected chi connectivity index (χ0v) is 12.8. The van der Waals surface area contributed by atoms with Gasteiger partial charge in [0.05, 0.1) is 6.61 Å². The molecule has 0 spiro atoms. The SMILES string of the molecule is O.O=c1ccc2cc(OC3O[C@H](CO)[C@@H](O)[C@H](O)[C@H]3O)c(O)cc2o1. The average molecular weight is 358 g/mol. The molecule has 2 heterocycles. The highest BCUT2D eigenvalue weighted by Crippen LogP contribution is 2.33. The van der Waals surface area contributed by atoms with Crippen molar-refractivity contribution in [1.29, 1.82) is 0 Å². The van der Waals surface area contributed by atoms with Crippen LogP contribution in [0.2, 0.25) is 0 Å². The molecule has 7 N–H and O–H groups in total. The second kappa shape index (κ2) is 7.35. The van der Waals surface area contributed by atoms with Crippen molar-refractivity contribution in [2.24, 2.45) is 0 Å². The molecule has 5 atom stereocenters. The Morgan fingerprint density at radius 1 is 1.08 bits per heavy atom. The number of aromatic hydroxyl groups is 1. The van der Waals surface area contributed by atoms with Gasteiger partial charge in [-0.3, -0.25) is 0 Å². The van der Waals surface area contributed by atoms with E-state index in [4.69, 9.17) is 19.0 Å². The molecule has 10 nitrogen and oxygen atoms in total. The zero-order chi connectivity index (χ0) is 17.4. The lowest BCUT2D eigenvalue weighted by Gasteiger charge is -2.39. The van der Waals surface area contributed by atoms with Gasteiger partial charge in [-0.2, -0.15) is 0 Å². The molecule has 1 unspecified atom stereocenters. The molecule has 0 aliphatic carbocycles. The summed E-state index contributed by atoms with van der Waals surface area (Å²) in [6.45, 7) is -0.598. The molecule has 0 bridgehead atoms. The van der Waals surface area contributed by atoms with E-state index in [0.717, 1.165) is 6.07 Å². The number of aliphatic hydroxyl groups is 4. The highest BCUT2D eigenvalue weighted by Gasteiger charge is 2.44. The van der Waals surface area contributed by atoms with Gasteiger partial charge in [-0.25, -0.2) is 4.79 Å². The van der Waals surface area contributed by atoms with Crippen molar-refractivity contribution >= 4 is 11.0 Å². The van der Waals surface area contributed by atoms with E-state index in [9.17, 15) is 25.2 Å². The number of fused-ring (bicyclic) bond motifs is 1. The largest absolute Gasteiger partial charge is 0.504 e. The van der Waals surface area contributed by atoms with Crippen molar-refractivity contribution < 1.29 is 44.9 Å². The van der Waals surface area contributed by atoms with E-state index in [1.807, 2.05) is 0 Å². The smallest absolute Gasteiger partial charge is 0.336 e. The number of benzene rings is 1. The van der Waals surface area contributed by atoms with E-state index in [1.165, 1.54) is 18.2 Å². The fraction of sp³-hybridized carbons (Fsp3) is 0.400. The fourth-order valence-electron chi connectivity index (χ4n) is 2.47. The van der Waals surface area contributed by atoms with Crippen molar-refractivity contribution in [2.75, 3.05) is 6.61 Å². The van der Waals surface area contributed by atoms with Gasteiger partial charge in [-0.05, 0) is 12.1 Å². The summed E-state index contributed by atoms with van der Waals surface area (Å²) in [5, 5.41) is 49.0. The van der Waals surface area contributed by atoms with Crippen LogP contribution in [0.3, 0.4) is 0 Å². The first kappa shape index (κ1) is 19.1. The Labute approximate surface area is 140 Å². The van der Waals surface area contributed by atoms with Crippen molar-refractivity contribution in [2.45, 2.75) is 30.7 Å². The first-order valence-corrected chi connectivity index (χ1v) is 7.15. The number of rotatable bonds is 3. The van der Waals surface area contributed by atoms with Gasteiger partial charge in [-0.15, -0.1) is 0 Å². The van der Waals surface area contributed by atoms with E-state index in [1.54, 1.807) is 0 Å². The minimum atomic E-state index is -1.60. The number of phenols is 1. The Kier molecular flexibility index (Phi) is 5.62. The monoisotopic (exact) mass is 358 g/mol. The summed E-state index contributed by atoms with van der Waals surface area (Å²) in [7, 11) is 0. The maximum atomic E-state index is 11.2. The molecule has 1 aliphatic rings. The molecule has 0 radical (unpaired) electrons. The summed E-state index contributed by atoms with van der Waals surface area (Å²) in [5.74, 6) is -0.477. The number of phenolic OH excluding ortho intramolecular Hbond substituents is 1. The summed E-state index contributed by atoms with van der Waals surface area (Å²) in [4.78, 5) is 11.2. The molecule has 1 aromatic carbocycles. The topological polar surface area (TPSA) is 181 Å². The molecule has 138 valence electrons. The van der Waals surface area contributed by atoms with E-state index in [2.05, 4.69) is 0 Å². The first-order chi connectivity index (χ1) is 11.4. The Morgan fingerprint density at radius 2 is 1.80 bits per heavy atom. The first-order valence-electron chi connectivity index (χ1n) is 7.15. The molecule has 10 heteroatoms. The van der Waals surface area contributed by atoms with Crippen LogP contribution < -0.4 is 10.4 Å². The Bertz CT molecular complexity index is 785. The molecular formula is C15H18O10. The molecule has 0 amide bonds. The quantitative estimate of drug-likeness (QED) is 0.382. The molecule has 1 saturated heterocycles. The van der Waals surface area contributed by atoms with Crippen LogP contribution in [0.15, 0.2) is 33.5 Å². The summed E-state index contributed by atoms with van der Waals surface area (Å²) in [6.07, 6.45) is -7.27. The normalized spacial score (nSPS) is 29.2. The van der Waals surface area contributed by atoms with E-state index in [-0.39, 0.29) is 22.6 Å². The van der Waals surface area contributed by atoms with Gasteiger partial charge in [0.15, 0.2) is 11.5 Å². The Balaban J connectivity index is 0.00000225. The maximum Gasteiger partial charge on any atom is 0.336 e. The van der Waals surface area contributed by atoms with E-state index < -0.39 is 42.9 Å². The minimum Gasteiger partial charge on any atom is -0.504 e. The Morgan fingerprint density at radius 3 is 2.48 bits per heavy atom. The molecule has 0 saturated carbocycles. The second-order valence-corrected chi connectivity index (χ2v) is 5.43. The molecule has 25 heavy (non-hydrogen) atoms. The minimum absolute atomic E-state index is 0. The standard InChI is InChI=1S/C15H16O9.H2O/c16-5-10-12(19)13(20)14(21)15(24-10)23-9-3-6-1-2-11(18)22-8(6)4-7(9)17;/h1-4,10,12-17,19-21H,5H2;1H2/t10-,12-,13+,14-,15?;/m1./s1. The highest BCUT2D eigenvalue weighted by molar-refractivity contribution is 5.80. The third kappa shape index (κ3) is 3.58. The van der Waals surface area contributed by atoms with Crippen LogP contribution in [0.5, 0.6) is 11.5 Å². The third-order valence-electron chi connectivity index (χ3n) is 3.79. The van der Waals surface area contributed by atoms with Crippen LogP contribution in [0.25, 0.3) is 11.0 Å². The third-order valence-corrected chi connectivity index (χ3v) is 3.79. The Hall–Kier alpha value is -2.21. The van der Waals surface area contributed by atoms with Crippen LogP contribution in [-0.4, -0.2) is 68.3 Å². The predicted molar refractivity (Wildman–Crippen MR) is 82.2 cm³/mol. The molecule has 1 aliphatic heterocycles. The van der Waals surface area contributed by atoms with Crippen molar-refractivity contribution in [1.82, 2.24) is 0 Å². The van der Waals surface area contributed by atoms with Gasteiger partial charge in [0.1, 0.15) is 30.0 Å². The molecular weight excluding hydrogens is 340 g/mol. The second-order valence-electron chi connectivity index (χ2n) is 5.43. The van der Waals surface area contributed by atoms with Crippen LogP contribution >= 0.6 is 0 Å². The number of ether oxygens (including phenoxy) is 2. The lowest BCUT2D eigenvalue weighted by molar-refractivity contribution is -0.277. The lowest BCUT2D eigenvalue weighted by Crippen LogP contribution is -2.60. The van der Waals surface area contributed by atoms with Gasteiger partial charge in [0.2, 0.25) is 6.29 Å². The molecule has 2 aromatic rings. The predicted octanol–water partition coefficient (Wildman–Crippen LogP) is -2.15. The molecule has 1 fully saturated rings. The highest BCUT2D eigenvalue weighted by atomic mass is 16.7. The van der Waals surface area contributed by atoms with Gasteiger partial charge >= 0.3 is 5.63 Å². The van der Waals surface area contributed by atoms with Gasteiger partial charge in [-0.1, -0.05) is 0 Å². The number of aliphatic hydroxyl groups excluding tert-OH is 4. The van der Waals surface area contributed by atoms with Gasteiger partial charge in [0.25, 0.3) is 0 Å². The van der Waals surface area contributed by atoms with Crippen molar-refractivity contribution in [3.05, 3.63) is 34.7 Å². The van der Waals surface area contributed by atoms with Crippen molar-refractivity contribution in [3.63, 3.8) is 0 Å². The molecule has 3 rings (SSSR count). The van der Waals surface area contributed by atoms with E-state index >= 15 is 0 Å². The fourth-order valence-corrected chi connectivity index (χ4v) is 2.47. The summed E-state index contributed by atoms with van der Waals surface area (Å²) in [6, 6.07) is 5.17. The van der Waals surface area contributed by atoms with Crippen LogP contribution in [0.4, 0.5) is 0 Å². The number of hydrogen-bond acceptors (Lipinski definition) is 9. The van der Waals surface area contributed by atoms with Crippen LogP contribution in [-0.2, 0) is 4.74 Å². The van der Waals surface area contributed by atoms with Gasteiger partial charge < -0.3 is 44.9 Å². The summed E-state index contributed by atoms with van der Waals surface area (Å²) < 4.78 is 15.5. The average Bonchev–Trinajstić information content (AvgIpc) is 2.56. The summed E-state index contributed by atoms with van der Waals surface area (Å²) >= 11 is 0. The number of hydrogen-bond donors (Lipinski definition) is 5. The van der Waals surface area contributed by atoms with E-state index in [0.29, 0.717) is 5.39 Å². The van der Waals surface area contributed by atoms with Gasteiger partial charge in [0, 0.05) is 17.5 Å². The van der Waals surface area contributed by atoms with Crippen molar-refractivity contribution in [3.8, 4) is 11.5 Å². The van der Waals surface area contributed by atoms with Crippen LogP contribution in [0, 0.1) is 0 Å². The zero-order valence-electron chi connectivity index (χ0n) is 12.8. The molecule has 1 aromatic heterocycles. The van der Waals surface area contributed by atoms with Crippen LogP contribution in [0.1, 0.15) is 0 Å². The maximum absolute atomic E-state index is 11.2.